The van der Waals surface area contributed by atoms with E-state index in [1.54, 1.807) is 12.1 Å². The number of hydrogen-bond acceptors (Lipinski definition) is 5. The number of aromatic amines is 1. The molecule has 4 aromatic rings. The van der Waals surface area contributed by atoms with E-state index in [-0.39, 0.29) is 0 Å². The highest BCUT2D eigenvalue weighted by atomic mass is 19.3. The van der Waals surface area contributed by atoms with E-state index in [4.69, 9.17) is 4.42 Å². The summed E-state index contributed by atoms with van der Waals surface area (Å²) in [5.74, 6) is -5.72. The van der Waals surface area contributed by atoms with Gasteiger partial charge in [0.2, 0.25) is 5.82 Å². The highest BCUT2D eigenvalue weighted by molar-refractivity contribution is 5.82. The molecule has 0 aliphatic heterocycles. The summed E-state index contributed by atoms with van der Waals surface area (Å²) in [6.45, 7) is 0.301. The molecule has 2 N–H and O–H groups in total. The molecule has 6 nitrogen and oxygen atoms in total. The average molecular weight is 417 g/mol. The van der Waals surface area contributed by atoms with Gasteiger partial charge >= 0.3 is 0 Å². The van der Waals surface area contributed by atoms with Gasteiger partial charge in [-0.25, -0.2) is 17.6 Å². The molecule has 0 amide bonds. The van der Waals surface area contributed by atoms with Crippen LogP contribution in [0.3, 0.4) is 0 Å². The third kappa shape index (κ3) is 3.17. The van der Waals surface area contributed by atoms with Crippen molar-refractivity contribution in [3.8, 4) is 11.6 Å². The highest BCUT2D eigenvalue weighted by Crippen LogP contribution is 2.50. The molecule has 0 unspecified atom stereocenters. The molecule has 2 heterocycles. The number of furan rings is 1. The lowest BCUT2D eigenvalue weighted by Gasteiger charge is -2.31. The van der Waals surface area contributed by atoms with Crippen LogP contribution in [0.25, 0.3) is 22.6 Å². The Bertz CT molecular complexity index is 1220. The lowest BCUT2D eigenvalue weighted by atomic mass is 9.85. The van der Waals surface area contributed by atoms with Gasteiger partial charge in [0.25, 0.3) is 11.8 Å². The van der Waals surface area contributed by atoms with Gasteiger partial charge in [0.15, 0.2) is 5.76 Å². The molecule has 0 saturated carbocycles. The van der Waals surface area contributed by atoms with Crippen molar-refractivity contribution in [2.45, 2.75) is 31.2 Å². The van der Waals surface area contributed by atoms with Crippen LogP contribution in [0, 0.1) is 0 Å². The molecule has 1 aliphatic carbocycles. The van der Waals surface area contributed by atoms with Gasteiger partial charge in [0.05, 0.1) is 0 Å². The Balaban J connectivity index is 1.38. The predicted octanol–water partition coefficient (Wildman–Crippen LogP) is 5.20. The monoisotopic (exact) mass is 417 g/mol. The van der Waals surface area contributed by atoms with E-state index in [1.807, 2.05) is 12.1 Å². The summed E-state index contributed by atoms with van der Waals surface area (Å²) in [6.07, 6.45) is -1.72. The van der Waals surface area contributed by atoms with Gasteiger partial charge in [0, 0.05) is 41.6 Å². The fourth-order valence-electron chi connectivity index (χ4n) is 3.63. The van der Waals surface area contributed by atoms with Gasteiger partial charge in [-0.05, 0) is 35.0 Å². The molecule has 2 aromatic heterocycles. The summed E-state index contributed by atoms with van der Waals surface area (Å²) in [5.41, 5.74) is 0.556. The van der Waals surface area contributed by atoms with E-state index in [0.29, 0.717) is 29.4 Å². The molecule has 2 aromatic carbocycles. The SMILES string of the molecule is FC1(F)CCC(F)(F)c2cc(NCc3ccc4cc(-c5nn[nH]n5)oc4c3)ccc21. The number of benzene rings is 2. The molecule has 1 aliphatic rings. The first kappa shape index (κ1) is 18.6. The summed E-state index contributed by atoms with van der Waals surface area (Å²) in [4.78, 5) is 0. The van der Waals surface area contributed by atoms with Crippen LogP contribution >= 0.6 is 0 Å². The lowest BCUT2D eigenvalue weighted by molar-refractivity contribution is -0.0957. The van der Waals surface area contributed by atoms with Gasteiger partial charge in [-0.1, -0.05) is 18.2 Å². The summed E-state index contributed by atoms with van der Waals surface area (Å²) < 4.78 is 62.1. The van der Waals surface area contributed by atoms with E-state index >= 15 is 0 Å². The molecule has 0 atom stereocenters. The Morgan fingerprint density at radius 2 is 1.77 bits per heavy atom. The second kappa shape index (κ2) is 6.54. The number of nitrogens with one attached hydrogen (secondary N) is 2. The number of nitrogens with zero attached hydrogens (tertiary/aromatic N) is 3. The fraction of sp³-hybridized carbons (Fsp3) is 0.250. The first-order valence-electron chi connectivity index (χ1n) is 9.23. The molecule has 0 radical (unpaired) electrons. The summed E-state index contributed by atoms with van der Waals surface area (Å²) in [5, 5.41) is 17.4. The van der Waals surface area contributed by atoms with Crippen LogP contribution in [0.2, 0.25) is 0 Å². The van der Waals surface area contributed by atoms with E-state index in [9.17, 15) is 17.6 Å². The summed E-state index contributed by atoms with van der Waals surface area (Å²) in [6, 6.07) is 10.9. The number of hydrogen-bond donors (Lipinski definition) is 2. The highest BCUT2D eigenvalue weighted by Gasteiger charge is 2.48. The second-order valence-corrected chi connectivity index (χ2v) is 7.24. The quantitative estimate of drug-likeness (QED) is 0.446. The number of H-pyrrole nitrogens is 1. The topological polar surface area (TPSA) is 79.6 Å². The minimum Gasteiger partial charge on any atom is -0.453 e. The van der Waals surface area contributed by atoms with Crippen molar-refractivity contribution in [2.75, 3.05) is 5.32 Å². The molecule has 30 heavy (non-hydrogen) atoms. The number of fused-ring (bicyclic) bond motifs is 2. The Labute approximate surface area is 167 Å². The van der Waals surface area contributed by atoms with Crippen LogP contribution < -0.4 is 5.32 Å². The van der Waals surface area contributed by atoms with Crippen molar-refractivity contribution in [3.63, 3.8) is 0 Å². The number of tetrazole rings is 1. The zero-order valence-electron chi connectivity index (χ0n) is 15.4. The molecule has 5 rings (SSSR count). The third-order valence-electron chi connectivity index (χ3n) is 5.21. The first-order valence-corrected chi connectivity index (χ1v) is 9.23. The molecular formula is C20H15F4N5O. The molecule has 154 valence electrons. The molecule has 0 spiro atoms. The Kier molecular flexibility index (Phi) is 4.05. The molecular weight excluding hydrogens is 402 g/mol. The van der Waals surface area contributed by atoms with Crippen molar-refractivity contribution in [2.24, 2.45) is 0 Å². The summed E-state index contributed by atoms with van der Waals surface area (Å²) in [7, 11) is 0. The first-order chi connectivity index (χ1) is 14.3. The molecule has 0 saturated heterocycles. The van der Waals surface area contributed by atoms with E-state index < -0.39 is 35.8 Å². The van der Waals surface area contributed by atoms with Gasteiger partial charge in [-0.15, -0.1) is 10.2 Å². The van der Waals surface area contributed by atoms with Crippen molar-refractivity contribution < 1.29 is 22.0 Å². The largest absolute Gasteiger partial charge is 0.453 e. The zero-order chi connectivity index (χ0) is 20.9. The Morgan fingerprint density at radius 3 is 2.53 bits per heavy atom. The van der Waals surface area contributed by atoms with Crippen molar-refractivity contribution in [1.29, 1.82) is 0 Å². The zero-order valence-corrected chi connectivity index (χ0v) is 15.4. The third-order valence-corrected chi connectivity index (χ3v) is 5.21. The van der Waals surface area contributed by atoms with Gasteiger partial charge in [0.1, 0.15) is 5.58 Å². The average Bonchev–Trinajstić information content (AvgIpc) is 3.39. The van der Waals surface area contributed by atoms with Crippen molar-refractivity contribution in [1.82, 2.24) is 20.6 Å². The second-order valence-electron chi connectivity index (χ2n) is 7.24. The molecule has 0 fully saturated rings. The minimum atomic E-state index is -3.27. The minimum absolute atomic E-state index is 0.301. The van der Waals surface area contributed by atoms with E-state index in [2.05, 4.69) is 25.9 Å². The van der Waals surface area contributed by atoms with Crippen molar-refractivity contribution in [3.05, 3.63) is 59.2 Å². The Morgan fingerprint density at radius 1 is 0.967 bits per heavy atom. The summed E-state index contributed by atoms with van der Waals surface area (Å²) >= 11 is 0. The number of alkyl halides is 4. The van der Waals surface area contributed by atoms with Crippen LogP contribution in [0.4, 0.5) is 23.2 Å². The van der Waals surface area contributed by atoms with Crippen molar-refractivity contribution >= 4 is 16.7 Å². The fourth-order valence-corrected chi connectivity index (χ4v) is 3.63. The number of aromatic nitrogens is 4. The van der Waals surface area contributed by atoms with Gasteiger partial charge in [-0.3, -0.25) is 0 Å². The lowest BCUT2D eigenvalue weighted by Crippen LogP contribution is -2.30. The number of rotatable bonds is 4. The van der Waals surface area contributed by atoms with Crippen LogP contribution in [-0.2, 0) is 18.4 Å². The number of anilines is 1. The predicted molar refractivity (Wildman–Crippen MR) is 100 cm³/mol. The molecule has 10 heteroatoms. The molecule has 0 bridgehead atoms. The van der Waals surface area contributed by atoms with E-state index in [0.717, 1.165) is 23.1 Å². The smallest absolute Gasteiger partial charge is 0.274 e. The maximum absolute atomic E-state index is 14.2. The van der Waals surface area contributed by atoms with Crippen LogP contribution in [0.5, 0.6) is 0 Å². The number of halogens is 4. The maximum Gasteiger partial charge on any atom is 0.274 e. The van der Waals surface area contributed by atoms with Crippen LogP contribution in [0.15, 0.2) is 46.9 Å². The van der Waals surface area contributed by atoms with Gasteiger partial charge in [-0.2, -0.15) is 5.21 Å². The van der Waals surface area contributed by atoms with E-state index in [1.165, 1.54) is 6.07 Å². The standard InChI is InChI=1S/C20H15F4N5O/c21-19(22)5-6-20(23,24)15-9-13(3-4-14(15)19)25-10-11-1-2-12-8-17(30-16(12)7-11)18-26-28-29-27-18/h1-4,7-9,25H,5-6,10H2,(H,26,27,28,29). The Hall–Kier alpha value is -3.43. The van der Waals surface area contributed by atoms with Gasteiger partial charge < -0.3 is 9.73 Å². The maximum atomic E-state index is 14.2. The normalized spacial score (nSPS) is 17.1. The van der Waals surface area contributed by atoms with Crippen LogP contribution in [-0.4, -0.2) is 20.6 Å². The van der Waals surface area contributed by atoms with Crippen LogP contribution in [0.1, 0.15) is 29.5 Å².